The Kier molecular flexibility index (Phi) is 5.87. The van der Waals surface area contributed by atoms with Crippen LogP contribution in [-0.4, -0.2) is 17.4 Å². The van der Waals surface area contributed by atoms with Crippen LogP contribution in [-0.2, 0) is 24.2 Å². The first kappa shape index (κ1) is 17.4. The number of nitrogens with zero attached hydrogens (tertiary/aromatic N) is 1. The first-order chi connectivity index (χ1) is 11.6. The van der Waals surface area contributed by atoms with Crippen LogP contribution in [0.25, 0.3) is 0 Å². The normalized spacial score (nSPS) is 14.9. The van der Waals surface area contributed by atoms with Gasteiger partial charge in [-0.1, -0.05) is 23.7 Å². The summed E-state index contributed by atoms with van der Waals surface area (Å²) in [5, 5.41) is 7.94. The van der Waals surface area contributed by atoms with E-state index < -0.39 is 0 Å². The van der Waals surface area contributed by atoms with Gasteiger partial charge in [-0.05, 0) is 50.3 Å². The molecule has 1 aliphatic rings. The molecule has 3 rings (SSSR count). The number of hydrogen-bond donors (Lipinski definition) is 2. The highest BCUT2D eigenvalue weighted by molar-refractivity contribution is 7.11. The summed E-state index contributed by atoms with van der Waals surface area (Å²) >= 11 is 7.73. The summed E-state index contributed by atoms with van der Waals surface area (Å²) in [6.45, 7) is 2.83. The fourth-order valence-electron chi connectivity index (χ4n) is 2.80. The summed E-state index contributed by atoms with van der Waals surface area (Å²) < 4.78 is 0. The maximum atomic E-state index is 12.0. The lowest BCUT2D eigenvalue weighted by atomic mass is 10.0. The van der Waals surface area contributed by atoms with E-state index in [9.17, 15) is 4.79 Å². The van der Waals surface area contributed by atoms with Crippen LogP contribution in [0, 0.1) is 0 Å². The van der Waals surface area contributed by atoms with Crippen LogP contribution in [0.1, 0.15) is 46.9 Å². The van der Waals surface area contributed by atoms with E-state index in [1.807, 2.05) is 24.3 Å². The highest BCUT2D eigenvalue weighted by Crippen LogP contribution is 2.29. The van der Waals surface area contributed by atoms with Gasteiger partial charge in [0, 0.05) is 16.4 Å². The third kappa shape index (κ3) is 4.56. The molecule has 0 spiro atoms. The number of carbonyl (C=O) groups is 1. The number of thiazole rings is 1. The number of aromatic nitrogens is 1. The van der Waals surface area contributed by atoms with Gasteiger partial charge in [-0.3, -0.25) is 10.1 Å². The molecule has 1 atom stereocenters. The van der Waals surface area contributed by atoms with Gasteiger partial charge in [0.15, 0.2) is 0 Å². The maximum Gasteiger partial charge on any atom is 0.234 e. The van der Waals surface area contributed by atoms with E-state index in [4.69, 9.17) is 16.6 Å². The zero-order chi connectivity index (χ0) is 16.9. The molecule has 1 heterocycles. The van der Waals surface area contributed by atoms with Crippen molar-refractivity contribution in [3.8, 4) is 0 Å². The molecule has 0 saturated carbocycles. The summed E-state index contributed by atoms with van der Waals surface area (Å²) in [4.78, 5) is 18.2. The third-order valence-corrected chi connectivity index (χ3v) is 5.76. The van der Waals surface area contributed by atoms with Crippen molar-refractivity contribution < 1.29 is 4.79 Å². The lowest BCUT2D eigenvalue weighted by Gasteiger charge is -2.11. The molecule has 6 heteroatoms. The van der Waals surface area contributed by atoms with E-state index in [2.05, 4.69) is 17.6 Å². The number of carbonyl (C=O) groups excluding carboxylic acids is 1. The van der Waals surface area contributed by atoms with Gasteiger partial charge in [0.05, 0.1) is 18.3 Å². The Morgan fingerprint density at radius 2 is 2.21 bits per heavy atom. The van der Waals surface area contributed by atoms with Crippen LogP contribution >= 0.6 is 22.9 Å². The average Bonchev–Trinajstić information content (AvgIpc) is 3.02. The minimum absolute atomic E-state index is 0.0249. The highest BCUT2D eigenvalue weighted by Gasteiger charge is 2.18. The zero-order valence-electron chi connectivity index (χ0n) is 13.8. The van der Waals surface area contributed by atoms with Crippen LogP contribution in [0.3, 0.4) is 0 Å². The van der Waals surface area contributed by atoms with E-state index in [-0.39, 0.29) is 18.5 Å². The van der Waals surface area contributed by atoms with Crippen LogP contribution in [0.2, 0.25) is 5.02 Å². The number of halogens is 1. The molecule has 1 aromatic heterocycles. The average molecular weight is 364 g/mol. The van der Waals surface area contributed by atoms with Gasteiger partial charge in [-0.15, -0.1) is 11.3 Å². The summed E-state index contributed by atoms with van der Waals surface area (Å²) in [6.07, 6.45) is 4.75. The van der Waals surface area contributed by atoms with Crippen molar-refractivity contribution in [3.05, 3.63) is 50.4 Å². The molecule has 1 aromatic carbocycles. The van der Waals surface area contributed by atoms with Gasteiger partial charge in [0.1, 0.15) is 5.01 Å². The molecule has 0 saturated heterocycles. The van der Waals surface area contributed by atoms with Crippen LogP contribution in [0.4, 0.5) is 0 Å². The number of nitrogens with one attached hydrogen (secondary N) is 2. The summed E-state index contributed by atoms with van der Waals surface area (Å²) in [5.74, 6) is -0.0249. The molecule has 1 aliphatic carbocycles. The fourth-order valence-corrected chi connectivity index (χ4v) is 4.19. The van der Waals surface area contributed by atoms with Crippen molar-refractivity contribution in [3.63, 3.8) is 0 Å². The first-order valence-corrected chi connectivity index (χ1v) is 9.54. The first-order valence-electron chi connectivity index (χ1n) is 8.35. The predicted octanol–water partition coefficient (Wildman–Crippen LogP) is 3.64. The van der Waals surface area contributed by atoms with Gasteiger partial charge < -0.3 is 5.32 Å². The molecule has 24 heavy (non-hydrogen) atoms. The second kappa shape index (κ2) is 8.10. The van der Waals surface area contributed by atoms with Gasteiger partial charge in [0.2, 0.25) is 5.91 Å². The zero-order valence-corrected chi connectivity index (χ0v) is 15.3. The molecule has 2 aromatic rings. The molecule has 128 valence electrons. The molecule has 0 radical (unpaired) electrons. The minimum atomic E-state index is -0.0249. The molecule has 0 unspecified atom stereocenters. The monoisotopic (exact) mass is 363 g/mol. The second-order valence-corrected chi connectivity index (χ2v) is 7.69. The number of amides is 1. The molecule has 1 amide bonds. The van der Waals surface area contributed by atoms with Crippen molar-refractivity contribution in [1.82, 2.24) is 15.6 Å². The lowest BCUT2D eigenvalue weighted by Crippen LogP contribution is -2.34. The van der Waals surface area contributed by atoms with Crippen molar-refractivity contribution in [2.75, 3.05) is 6.54 Å². The Hall–Kier alpha value is -1.43. The van der Waals surface area contributed by atoms with Crippen LogP contribution < -0.4 is 10.6 Å². The molecular formula is C18H22ClN3OS. The lowest BCUT2D eigenvalue weighted by molar-refractivity contribution is -0.120. The number of hydrogen-bond acceptors (Lipinski definition) is 4. The summed E-state index contributed by atoms with van der Waals surface area (Å²) in [7, 11) is 0. The fraction of sp³-hybridized carbons (Fsp3) is 0.444. The molecule has 4 nitrogen and oxygen atoms in total. The van der Waals surface area contributed by atoms with Crippen molar-refractivity contribution >= 4 is 28.8 Å². The Morgan fingerprint density at radius 1 is 1.38 bits per heavy atom. The number of fused-ring (bicyclic) bond motifs is 1. The molecule has 0 fully saturated rings. The third-order valence-electron chi connectivity index (χ3n) is 4.18. The second-order valence-electron chi connectivity index (χ2n) is 6.14. The molecule has 2 N–H and O–H groups in total. The molecule has 0 aliphatic heterocycles. The van der Waals surface area contributed by atoms with Gasteiger partial charge in [-0.25, -0.2) is 4.98 Å². The van der Waals surface area contributed by atoms with Crippen LogP contribution in [0.15, 0.2) is 24.3 Å². The Labute approximate surface area is 151 Å². The van der Waals surface area contributed by atoms with Crippen LogP contribution in [0.5, 0.6) is 0 Å². The Morgan fingerprint density at radius 3 is 3.00 bits per heavy atom. The number of rotatable bonds is 6. The standard InChI is InChI=1S/C18H22ClN3OS/c1-12(18-22-15-7-2-3-8-16(15)24-18)20-11-17(23)21-10-13-5-4-6-14(19)9-13/h4-6,9,12,20H,2-3,7-8,10-11H2,1H3,(H,21,23)/t12-/m1/s1. The van der Waals surface area contributed by atoms with Gasteiger partial charge >= 0.3 is 0 Å². The Balaban J connectivity index is 1.46. The van der Waals surface area contributed by atoms with E-state index >= 15 is 0 Å². The maximum absolute atomic E-state index is 12.0. The van der Waals surface area contributed by atoms with E-state index in [1.165, 1.54) is 23.4 Å². The quantitative estimate of drug-likeness (QED) is 0.823. The number of aryl methyl sites for hydroxylation is 2. The summed E-state index contributed by atoms with van der Waals surface area (Å²) in [5.41, 5.74) is 2.26. The topological polar surface area (TPSA) is 54.0 Å². The van der Waals surface area contributed by atoms with Gasteiger partial charge in [0.25, 0.3) is 0 Å². The smallest absolute Gasteiger partial charge is 0.234 e. The highest BCUT2D eigenvalue weighted by atomic mass is 35.5. The van der Waals surface area contributed by atoms with E-state index in [1.54, 1.807) is 11.3 Å². The van der Waals surface area contributed by atoms with Crippen molar-refractivity contribution in [2.45, 2.75) is 45.2 Å². The molecule has 0 bridgehead atoms. The van der Waals surface area contributed by atoms with Gasteiger partial charge in [-0.2, -0.15) is 0 Å². The van der Waals surface area contributed by atoms with E-state index in [0.717, 1.165) is 23.4 Å². The van der Waals surface area contributed by atoms with E-state index in [0.29, 0.717) is 11.6 Å². The predicted molar refractivity (Wildman–Crippen MR) is 98.5 cm³/mol. The summed E-state index contributed by atoms with van der Waals surface area (Å²) in [6, 6.07) is 7.61. The Bertz CT molecular complexity index is 693. The minimum Gasteiger partial charge on any atom is -0.351 e. The van der Waals surface area contributed by atoms with Crippen molar-refractivity contribution in [1.29, 1.82) is 0 Å². The van der Waals surface area contributed by atoms with Crippen molar-refractivity contribution in [2.24, 2.45) is 0 Å². The molecular weight excluding hydrogens is 342 g/mol. The number of benzene rings is 1. The largest absolute Gasteiger partial charge is 0.351 e. The SMILES string of the molecule is C[C@@H](NCC(=O)NCc1cccc(Cl)c1)c1nc2c(s1)CCCC2.